The van der Waals surface area contributed by atoms with Gasteiger partial charge in [0.25, 0.3) is 0 Å². The predicted octanol–water partition coefficient (Wildman–Crippen LogP) is 4.32. The molecule has 6 heterocycles. The predicted molar refractivity (Wildman–Crippen MR) is 219 cm³/mol. The van der Waals surface area contributed by atoms with Crippen LogP contribution in [0.1, 0.15) is 68.8 Å². The van der Waals surface area contributed by atoms with Crippen LogP contribution in [0.3, 0.4) is 0 Å². The Hall–Kier alpha value is -4.98. The van der Waals surface area contributed by atoms with Gasteiger partial charge in [-0.3, -0.25) is 24.2 Å². The molecule has 1 aliphatic carbocycles. The van der Waals surface area contributed by atoms with E-state index in [0.717, 1.165) is 48.2 Å². The first-order valence-corrected chi connectivity index (χ1v) is 20.9. The quantitative estimate of drug-likeness (QED) is 0.145. The molecule has 9 rings (SSSR count). The van der Waals surface area contributed by atoms with Gasteiger partial charge in [-0.2, -0.15) is 0 Å². The number of aromatic amines is 1. The number of anilines is 1. The highest BCUT2D eigenvalue weighted by atomic mass is 16.6. The average Bonchev–Trinajstić information content (AvgIpc) is 3.92. The number of carbonyl (C=O) groups excluding carboxylic acids is 4. The van der Waals surface area contributed by atoms with Crippen molar-refractivity contribution in [1.29, 1.82) is 0 Å². The number of methoxy groups -OCH3 is 3. The number of aromatic nitrogens is 1. The molecular formula is C46H54N4O9. The van der Waals surface area contributed by atoms with Crippen LogP contribution < -0.4 is 9.64 Å². The van der Waals surface area contributed by atoms with E-state index < -0.39 is 57.9 Å². The number of amides is 1. The number of hydrogen-bond donors (Lipinski definition) is 2. The van der Waals surface area contributed by atoms with Gasteiger partial charge in [0.15, 0.2) is 6.10 Å². The average molecular weight is 807 g/mol. The van der Waals surface area contributed by atoms with Crippen molar-refractivity contribution in [3.63, 3.8) is 0 Å². The van der Waals surface area contributed by atoms with Crippen LogP contribution in [0.25, 0.3) is 10.9 Å². The van der Waals surface area contributed by atoms with Gasteiger partial charge < -0.3 is 33.9 Å². The topological polar surface area (TPSA) is 151 Å². The Morgan fingerprint density at radius 1 is 1.02 bits per heavy atom. The van der Waals surface area contributed by atoms with E-state index in [9.17, 15) is 19.5 Å². The molecule has 312 valence electrons. The first-order chi connectivity index (χ1) is 28.4. The zero-order valence-corrected chi connectivity index (χ0v) is 34.7. The summed E-state index contributed by atoms with van der Waals surface area (Å²) < 4.78 is 23.7. The zero-order valence-electron chi connectivity index (χ0n) is 34.7. The molecule has 1 saturated heterocycles. The van der Waals surface area contributed by atoms with Crippen LogP contribution in [0.15, 0.2) is 60.2 Å². The third-order valence-electron chi connectivity index (χ3n) is 15.0. The fourth-order valence-electron chi connectivity index (χ4n) is 12.9. The van der Waals surface area contributed by atoms with E-state index in [2.05, 4.69) is 33.8 Å². The molecule has 13 heteroatoms. The lowest BCUT2D eigenvalue weighted by molar-refractivity contribution is -0.228. The number of H-pyrrole nitrogens is 1. The first-order valence-electron chi connectivity index (χ1n) is 20.9. The van der Waals surface area contributed by atoms with Gasteiger partial charge in [0.1, 0.15) is 11.2 Å². The van der Waals surface area contributed by atoms with Crippen molar-refractivity contribution in [3.05, 3.63) is 82.6 Å². The molecule has 5 aliphatic heterocycles. The van der Waals surface area contributed by atoms with Gasteiger partial charge in [-0.05, 0) is 67.8 Å². The summed E-state index contributed by atoms with van der Waals surface area (Å²) in [5.74, 6) is -1.81. The number of carbonyl (C=O) groups is 4. The van der Waals surface area contributed by atoms with Gasteiger partial charge in [0, 0.05) is 78.2 Å². The number of benzene rings is 2. The summed E-state index contributed by atoms with van der Waals surface area (Å²) in [7, 11) is 4.16. The molecule has 6 aliphatic rings. The molecule has 13 nitrogen and oxygen atoms in total. The first kappa shape index (κ1) is 39.5. The summed E-state index contributed by atoms with van der Waals surface area (Å²) >= 11 is 0. The summed E-state index contributed by atoms with van der Waals surface area (Å²) in [6.45, 7) is 8.97. The zero-order chi connectivity index (χ0) is 41.6. The van der Waals surface area contributed by atoms with Crippen molar-refractivity contribution < 1.29 is 43.2 Å². The van der Waals surface area contributed by atoms with Crippen LogP contribution in [0.4, 0.5) is 5.69 Å². The number of fused-ring (bicyclic) bond motifs is 6. The minimum absolute atomic E-state index is 0.0349. The van der Waals surface area contributed by atoms with Gasteiger partial charge >= 0.3 is 17.9 Å². The number of aliphatic hydroxyl groups is 1. The van der Waals surface area contributed by atoms with Crippen molar-refractivity contribution in [2.75, 3.05) is 59.0 Å². The SMILES string of the molecule is CCC1=C[C@H]2CN(CCc3c([nH]c4ccccc34)[C@@](C(=O)OC)(c3cc4c(cc3OC)N(C=O)[C@H]3[C@@](O)(C(=O)OC)[C@H](OC(C)=O)[C@]5(CC)C=CCN6CC[C@]43[C@@H]65)C2)C1. The summed E-state index contributed by atoms with van der Waals surface area (Å²) in [4.78, 5) is 66.3. The lowest BCUT2D eigenvalue weighted by Gasteiger charge is -2.63. The molecular weight excluding hydrogens is 753 g/mol. The second kappa shape index (κ2) is 14.1. The second-order valence-corrected chi connectivity index (χ2v) is 17.4. The molecule has 2 fully saturated rings. The summed E-state index contributed by atoms with van der Waals surface area (Å²) in [6.07, 6.45) is 8.34. The largest absolute Gasteiger partial charge is 0.496 e. The second-order valence-electron chi connectivity index (χ2n) is 17.4. The molecule has 2 aromatic carbocycles. The van der Waals surface area contributed by atoms with Crippen molar-refractivity contribution in [3.8, 4) is 5.75 Å². The van der Waals surface area contributed by atoms with Crippen LogP contribution >= 0.6 is 0 Å². The molecule has 1 spiro atoms. The summed E-state index contributed by atoms with van der Waals surface area (Å²) in [6, 6.07) is 10.2. The molecule has 9 atom stereocenters. The number of ether oxygens (including phenoxy) is 4. The Morgan fingerprint density at radius 2 is 1.80 bits per heavy atom. The maximum absolute atomic E-state index is 15.3. The van der Waals surface area contributed by atoms with E-state index in [1.807, 2.05) is 43.3 Å². The molecule has 1 saturated carbocycles. The molecule has 3 aromatic rings. The number of para-hydroxylation sites is 1. The third-order valence-corrected chi connectivity index (χ3v) is 15.0. The minimum atomic E-state index is -2.51. The fourth-order valence-corrected chi connectivity index (χ4v) is 12.9. The maximum Gasteiger partial charge on any atom is 0.344 e. The molecule has 1 unspecified atom stereocenters. The monoisotopic (exact) mass is 806 g/mol. The molecule has 59 heavy (non-hydrogen) atoms. The Kier molecular flexibility index (Phi) is 9.41. The lowest BCUT2D eigenvalue weighted by atomic mass is 9.47. The highest BCUT2D eigenvalue weighted by Gasteiger charge is 2.81. The van der Waals surface area contributed by atoms with Gasteiger partial charge in [0.05, 0.1) is 33.1 Å². The van der Waals surface area contributed by atoms with Crippen molar-refractivity contribution in [1.82, 2.24) is 14.8 Å². The molecule has 1 amide bonds. The number of nitrogens with zero attached hydrogens (tertiary/aromatic N) is 3. The smallest absolute Gasteiger partial charge is 0.344 e. The van der Waals surface area contributed by atoms with E-state index in [-0.39, 0.29) is 5.92 Å². The van der Waals surface area contributed by atoms with Crippen molar-refractivity contribution in [2.24, 2.45) is 11.3 Å². The van der Waals surface area contributed by atoms with Gasteiger partial charge in [-0.25, -0.2) is 4.79 Å². The van der Waals surface area contributed by atoms with E-state index in [4.69, 9.17) is 18.9 Å². The standard InChI is InChI=1S/C46H54N4O9/c1-7-28-20-29-23-45(41(53)57-5,37-31(14-18-48(24-28)25-29)30-12-9-10-13-34(30)47-37)33-21-32-35(22-36(33)56-4)50(26-51)39-44(32)16-19-49-17-11-15-43(8-2,38(44)49)40(59-27(3)52)46(39,55)42(54)58-6/h9-13,15,20-22,26,29,38-40,47,55H,7-8,14,16-19,23-25H2,1-6H3/t29-,38+,39-,40-,43-,44-,45+,46+/m1/s1. The van der Waals surface area contributed by atoms with E-state index in [0.29, 0.717) is 67.7 Å². The number of nitrogens with one attached hydrogen (secondary N) is 1. The minimum Gasteiger partial charge on any atom is -0.496 e. The normalized spacial score (nSPS) is 34.3. The summed E-state index contributed by atoms with van der Waals surface area (Å²) in [5.41, 5.74) is -0.420. The fraction of sp³-hybridized carbons (Fsp3) is 0.522. The Bertz CT molecular complexity index is 2320. The van der Waals surface area contributed by atoms with E-state index in [1.165, 1.54) is 31.6 Å². The van der Waals surface area contributed by atoms with Crippen LogP contribution in [0.2, 0.25) is 0 Å². The molecule has 2 bridgehead atoms. The van der Waals surface area contributed by atoms with E-state index >= 15 is 4.79 Å². The third kappa shape index (κ3) is 5.13. The van der Waals surface area contributed by atoms with Crippen molar-refractivity contribution >= 4 is 40.9 Å². The summed E-state index contributed by atoms with van der Waals surface area (Å²) in [5, 5.41) is 14.3. The maximum atomic E-state index is 15.3. The number of rotatable bonds is 8. The number of esters is 3. The molecule has 1 aromatic heterocycles. The lowest BCUT2D eigenvalue weighted by Crippen LogP contribution is -2.81. The van der Waals surface area contributed by atoms with Crippen LogP contribution in [-0.4, -0.2) is 122 Å². The highest BCUT2D eigenvalue weighted by Crippen LogP contribution is 2.68. The van der Waals surface area contributed by atoms with E-state index in [1.54, 1.807) is 13.2 Å². The highest BCUT2D eigenvalue weighted by molar-refractivity contribution is 5.96. The van der Waals surface area contributed by atoms with Crippen molar-refractivity contribution in [2.45, 2.75) is 87.5 Å². The molecule has 0 radical (unpaired) electrons. The number of hydrogen-bond acceptors (Lipinski definition) is 11. The van der Waals surface area contributed by atoms with Gasteiger partial charge in [-0.1, -0.05) is 55.8 Å². The van der Waals surface area contributed by atoms with Gasteiger partial charge in [-0.15, -0.1) is 0 Å². The van der Waals surface area contributed by atoms with Crippen LogP contribution in [0.5, 0.6) is 5.75 Å². The van der Waals surface area contributed by atoms with Crippen LogP contribution in [-0.2, 0) is 50.6 Å². The Morgan fingerprint density at radius 3 is 2.49 bits per heavy atom. The van der Waals surface area contributed by atoms with Gasteiger partial charge in [0.2, 0.25) is 12.0 Å². The van der Waals surface area contributed by atoms with Crippen LogP contribution in [0, 0.1) is 11.3 Å². The Balaban J connectivity index is 1.39. The molecule has 2 N–H and O–H groups in total. The Labute approximate surface area is 344 Å².